The van der Waals surface area contributed by atoms with Gasteiger partial charge in [0.25, 0.3) is 0 Å². The molecule has 37 heavy (non-hydrogen) atoms. The van der Waals surface area contributed by atoms with E-state index in [2.05, 4.69) is 37.8 Å². The van der Waals surface area contributed by atoms with E-state index in [9.17, 15) is 4.79 Å². The van der Waals surface area contributed by atoms with Crippen molar-refractivity contribution in [3.63, 3.8) is 0 Å². The largest absolute Gasteiger partial charge is 0.498 e. The number of hydrogen-bond acceptors (Lipinski definition) is 8. The molecular weight excluding hydrogens is 472 g/mol. The highest BCUT2D eigenvalue weighted by Crippen LogP contribution is 2.38. The molecule has 0 amide bonds. The van der Waals surface area contributed by atoms with Crippen molar-refractivity contribution < 1.29 is 28.1 Å². The number of nitrogens with zero attached hydrogens (tertiary/aromatic N) is 3. The lowest BCUT2D eigenvalue weighted by Crippen LogP contribution is -2.41. The second-order valence-electron chi connectivity index (χ2n) is 12.7. The van der Waals surface area contributed by atoms with Gasteiger partial charge in [0.15, 0.2) is 0 Å². The van der Waals surface area contributed by atoms with E-state index in [0.717, 1.165) is 17.5 Å². The summed E-state index contributed by atoms with van der Waals surface area (Å²) in [7, 11) is -0.679. The van der Waals surface area contributed by atoms with Gasteiger partial charge in [-0.05, 0) is 81.6 Å². The summed E-state index contributed by atoms with van der Waals surface area (Å²) < 4.78 is 30.7. The zero-order valence-corrected chi connectivity index (χ0v) is 24.4. The van der Waals surface area contributed by atoms with Crippen LogP contribution in [0.3, 0.4) is 0 Å². The number of aromatic nitrogens is 2. The van der Waals surface area contributed by atoms with E-state index in [1.165, 1.54) is 0 Å². The van der Waals surface area contributed by atoms with Gasteiger partial charge in [-0.25, -0.2) is 0 Å². The van der Waals surface area contributed by atoms with Crippen molar-refractivity contribution in [1.29, 1.82) is 0 Å². The molecule has 2 fully saturated rings. The van der Waals surface area contributed by atoms with Crippen LogP contribution in [0.5, 0.6) is 0 Å². The molecule has 0 bridgehead atoms. The van der Waals surface area contributed by atoms with Crippen LogP contribution in [0.1, 0.15) is 82.6 Å². The maximum Gasteiger partial charge on any atom is 0.498 e. The fourth-order valence-corrected chi connectivity index (χ4v) is 3.71. The van der Waals surface area contributed by atoms with Crippen molar-refractivity contribution in [2.45, 2.75) is 117 Å². The highest BCUT2D eigenvalue weighted by atomic mass is 16.7. The molecule has 11 heteroatoms. The van der Waals surface area contributed by atoms with Gasteiger partial charge in [-0.15, -0.1) is 0 Å². The van der Waals surface area contributed by atoms with E-state index in [1.54, 1.807) is 10.9 Å². The van der Waals surface area contributed by atoms with Crippen LogP contribution in [-0.2, 0) is 34.7 Å². The molecule has 3 aliphatic rings. The van der Waals surface area contributed by atoms with Gasteiger partial charge in [-0.2, -0.15) is 5.10 Å². The van der Waals surface area contributed by atoms with Crippen LogP contribution in [0.2, 0.25) is 0 Å². The second-order valence-corrected chi connectivity index (χ2v) is 12.7. The summed E-state index contributed by atoms with van der Waals surface area (Å²) >= 11 is 0. The van der Waals surface area contributed by atoms with Gasteiger partial charge >= 0.3 is 20.2 Å². The lowest BCUT2D eigenvalue weighted by Gasteiger charge is -2.32. The molecule has 0 atom stereocenters. The number of esters is 1. The van der Waals surface area contributed by atoms with Crippen LogP contribution in [0.15, 0.2) is 28.9 Å². The Balaban J connectivity index is 0.000000231. The minimum Gasteiger partial charge on any atom is -0.460 e. The van der Waals surface area contributed by atoms with Gasteiger partial charge in [0, 0.05) is 24.1 Å². The SMILES string of the molecule is CC(C)(C)OC(=O)CCn1cc(B2OC(C)(C)C(C)(C)O2)cn1.CC1(C)OB(C2=CCN=C2)OC1(C)C. The predicted molar refractivity (Wildman–Crippen MR) is 146 cm³/mol. The van der Waals surface area contributed by atoms with Gasteiger partial charge in [0.2, 0.25) is 0 Å². The van der Waals surface area contributed by atoms with E-state index in [4.69, 9.17) is 23.4 Å². The van der Waals surface area contributed by atoms with E-state index >= 15 is 0 Å². The van der Waals surface area contributed by atoms with Crippen molar-refractivity contribution in [2.24, 2.45) is 4.99 Å². The Bertz CT molecular complexity index is 1010. The Labute approximate surface area is 222 Å². The smallest absolute Gasteiger partial charge is 0.460 e. The van der Waals surface area contributed by atoms with Crippen LogP contribution in [-0.4, -0.2) is 70.8 Å². The molecule has 2 saturated heterocycles. The van der Waals surface area contributed by atoms with Gasteiger partial charge in [0.1, 0.15) is 5.60 Å². The average molecular weight is 515 g/mol. The Kier molecular flexibility index (Phi) is 8.26. The Morgan fingerprint density at radius 2 is 1.46 bits per heavy atom. The van der Waals surface area contributed by atoms with Crippen LogP contribution in [0.4, 0.5) is 0 Å². The molecule has 4 rings (SSSR count). The predicted octanol–water partition coefficient (Wildman–Crippen LogP) is 3.54. The molecule has 0 saturated carbocycles. The number of carbonyl (C=O) groups excluding carboxylic acids is 1. The number of rotatable bonds is 5. The third-order valence-corrected chi connectivity index (χ3v) is 7.34. The molecule has 4 heterocycles. The Morgan fingerprint density at radius 1 is 0.946 bits per heavy atom. The lowest BCUT2D eigenvalue weighted by molar-refractivity contribution is -0.155. The van der Waals surface area contributed by atoms with Gasteiger partial charge in [0.05, 0.1) is 41.9 Å². The minimum absolute atomic E-state index is 0.231. The summed E-state index contributed by atoms with van der Waals surface area (Å²) in [5.41, 5.74) is 0.169. The fourth-order valence-electron chi connectivity index (χ4n) is 3.71. The quantitative estimate of drug-likeness (QED) is 0.438. The summed E-state index contributed by atoms with van der Waals surface area (Å²) in [6, 6.07) is 0. The van der Waals surface area contributed by atoms with Crippen LogP contribution in [0.25, 0.3) is 0 Å². The molecule has 0 aromatic carbocycles. The molecule has 1 aromatic heterocycles. The summed E-state index contributed by atoms with van der Waals surface area (Å²) in [5, 5.41) is 4.27. The number of ether oxygens (including phenoxy) is 1. The summed E-state index contributed by atoms with van der Waals surface area (Å²) in [6.45, 7) is 23.1. The number of carbonyl (C=O) groups is 1. The molecule has 0 aliphatic carbocycles. The fraction of sp³-hybridized carbons (Fsp3) is 0.731. The van der Waals surface area contributed by atoms with E-state index in [0.29, 0.717) is 6.54 Å². The molecule has 3 aliphatic heterocycles. The highest BCUT2D eigenvalue weighted by Gasteiger charge is 2.53. The molecule has 9 nitrogen and oxygen atoms in total. The normalized spacial score (nSPS) is 23.1. The molecular formula is C26H43B2N3O6. The van der Waals surface area contributed by atoms with Crippen molar-refractivity contribution >= 4 is 31.9 Å². The summed E-state index contributed by atoms with van der Waals surface area (Å²) in [6.07, 6.45) is 7.73. The Hall–Kier alpha value is -1.94. The van der Waals surface area contributed by atoms with Crippen molar-refractivity contribution in [1.82, 2.24) is 9.78 Å². The number of hydrogen-bond donors (Lipinski definition) is 0. The zero-order valence-electron chi connectivity index (χ0n) is 24.4. The highest BCUT2D eigenvalue weighted by molar-refractivity contribution is 6.62. The topological polar surface area (TPSA) is 93.4 Å². The standard InChI is InChI=1S/C16H27BN2O4.C10H16BNO2/c1-14(2,3)21-13(20)8-9-19-11-12(10-18-19)17-22-15(4,5)16(6,7)23-17;1-9(2)10(3,4)14-11(13-9)8-5-6-12-7-8/h10-11H,8-9H2,1-7H3;5,7H,6H2,1-4H3. The molecule has 204 valence electrons. The number of aliphatic imine (C=N–C) groups is 1. The third kappa shape index (κ3) is 7.13. The average Bonchev–Trinajstić information content (AvgIpc) is 3.47. The van der Waals surface area contributed by atoms with Gasteiger partial charge in [-0.3, -0.25) is 14.5 Å². The van der Waals surface area contributed by atoms with Gasteiger partial charge in [-0.1, -0.05) is 6.08 Å². The van der Waals surface area contributed by atoms with Crippen LogP contribution >= 0.6 is 0 Å². The molecule has 0 spiro atoms. The van der Waals surface area contributed by atoms with E-state index in [-0.39, 0.29) is 41.9 Å². The third-order valence-electron chi connectivity index (χ3n) is 7.34. The zero-order chi connectivity index (χ0) is 27.9. The molecule has 0 N–H and O–H groups in total. The monoisotopic (exact) mass is 515 g/mol. The first kappa shape index (κ1) is 29.6. The lowest BCUT2D eigenvalue weighted by atomic mass is 9.79. The first-order valence-electron chi connectivity index (χ1n) is 13.0. The minimum atomic E-state index is -0.463. The van der Waals surface area contributed by atoms with Crippen LogP contribution < -0.4 is 5.46 Å². The molecule has 1 aromatic rings. The second kappa shape index (κ2) is 10.3. The van der Waals surface area contributed by atoms with Crippen molar-refractivity contribution in [2.75, 3.05) is 6.54 Å². The van der Waals surface area contributed by atoms with E-state index in [1.807, 2.05) is 67.0 Å². The van der Waals surface area contributed by atoms with E-state index < -0.39 is 12.7 Å². The maximum absolute atomic E-state index is 11.8. The summed E-state index contributed by atoms with van der Waals surface area (Å²) in [5.74, 6) is -0.231. The number of aryl methyl sites for hydroxylation is 1. The van der Waals surface area contributed by atoms with Gasteiger partial charge < -0.3 is 23.4 Å². The molecule has 0 radical (unpaired) electrons. The van der Waals surface area contributed by atoms with Crippen molar-refractivity contribution in [3.05, 3.63) is 23.9 Å². The van der Waals surface area contributed by atoms with Crippen molar-refractivity contribution in [3.8, 4) is 0 Å². The first-order chi connectivity index (χ1) is 16.8. The van der Waals surface area contributed by atoms with Crippen LogP contribution in [0, 0.1) is 0 Å². The Morgan fingerprint density at radius 3 is 1.92 bits per heavy atom. The molecule has 0 unspecified atom stereocenters. The summed E-state index contributed by atoms with van der Waals surface area (Å²) in [4.78, 5) is 15.9. The maximum atomic E-state index is 11.8. The first-order valence-corrected chi connectivity index (χ1v) is 13.0. The number of allylic oxidation sites excluding steroid dienone is 1.